The van der Waals surface area contributed by atoms with Gasteiger partial charge in [-0.3, -0.25) is 4.98 Å². The van der Waals surface area contributed by atoms with Crippen LogP contribution in [0.3, 0.4) is 0 Å². The Bertz CT molecular complexity index is 559. The largest absolute Gasteiger partial charge is 0.396 e. The van der Waals surface area contributed by atoms with Gasteiger partial charge in [-0.2, -0.15) is 5.26 Å². The molecule has 0 spiro atoms. The summed E-state index contributed by atoms with van der Waals surface area (Å²) in [5.74, 6) is -0.00762. The molecule has 0 aromatic carbocycles. The first kappa shape index (κ1) is 14.5. The standard InChI is InChI=1S/C12H17N3O2S/c1-12(2,9-13)5-3-7-18(16,17)11-4-6-15-8-10(11)14/h4,6,8H,3,5,7,14H2,1-2H3. The molecule has 0 radical (unpaired) electrons. The Hall–Kier alpha value is -1.61. The molecule has 0 fully saturated rings. The summed E-state index contributed by atoms with van der Waals surface area (Å²) in [6, 6.07) is 3.55. The average molecular weight is 267 g/mol. The molecule has 0 aliphatic rings. The molecular weight excluding hydrogens is 250 g/mol. The summed E-state index contributed by atoms with van der Waals surface area (Å²) in [4.78, 5) is 3.88. The van der Waals surface area contributed by atoms with Crippen LogP contribution in [0.2, 0.25) is 0 Å². The fourth-order valence-corrected chi connectivity index (χ4v) is 2.97. The lowest BCUT2D eigenvalue weighted by molar-refractivity contribution is 0.445. The molecule has 0 saturated heterocycles. The molecule has 0 aliphatic carbocycles. The lowest BCUT2D eigenvalue weighted by atomic mass is 9.90. The minimum absolute atomic E-state index is 0.00762. The highest BCUT2D eigenvalue weighted by atomic mass is 32.2. The van der Waals surface area contributed by atoms with Crippen molar-refractivity contribution in [1.29, 1.82) is 5.26 Å². The van der Waals surface area contributed by atoms with Gasteiger partial charge in [0, 0.05) is 6.20 Å². The molecule has 98 valence electrons. The number of hydrogen-bond donors (Lipinski definition) is 1. The lowest BCUT2D eigenvalue weighted by Gasteiger charge is -2.14. The number of sulfone groups is 1. The third-order valence-electron chi connectivity index (χ3n) is 2.66. The van der Waals surface area contributed by atoms with Gasteiger partial charge in [0.2, 0.25) is 0 Å². The van der Waals surface area contributed by atoms with Gasteiger partial charge in [-0.15, -0.1) is 0 Å². The molecule has 18 heavy (non-hydrogen) atoms. The van der Waals surface area contributed by atoms with Crippen LogP contribution in [0.1, 0.15) is 26.7 Å². The van der Waals surface area contributed by atoms with Gasteiger partial charge in [-0.1, -0.05) is 0 Å². The molecular formula is C12H17N3O2S. The molecule has 0 saturated carbocycles. The van der Waals surface area contributed by atoms with E-state index in [0.717, 1.165) is 0 Å². The van der Waals surface area contributed by atoms with Crippen LogP contribution in [0.25, 0.3) is 0 Å². The van der Waals surface area contributed by atoms with E-state index in [1.54, 1.807) is 13.8 Å². The van der Waals surface area contributed by atoms with Crippen molar-refractivity contribution in [2.75, 3.05) is 11.5 Å². The first-order valence-electron chi connectivity index (χ1n) is 5.62. The second-order valence-corrected chi connectivity index (χ2v) is 6.91. The Morgan fingerprint density at radius 1 is 1.50 bits per heavy atom. The van der Waals surface area contributed by atoms with E-state index in [4.69, 9.17) is 11.0 Å². The summed E-state index contributed by atoms with van der Waals surface area (Å²) in [6.07, 6.45) is 3.70. The zero-order valence-electron chi connectivity index (χ0n) is 10.5. The molecule has 6 heteroatoms. The predicted octanol–water partition coefficient (Wildman–Crippen LogP) is 1.77. The molecule has 0 aliphatic heterocycles. The average Bonchev–Trinajstić information content (AvgIpc) is 2.29. The molecule has 0 amide bonds. The highest BCUT2D eigenvalue weighted by molar-refractivity contribution is 7.91. The van der Waals surface area contributed by atoms with Crippen LogP contribution >= 0.6 is 0 Å². The van der Waals surface area contributed by atoms with E-state index in [-0.39, 0.29) is 16.3 Å². The molecule has 0 unspecified atom stereocenters. The van der Waals surface area contributed by atoms with Gasteiger partial charge in [0.15, 0.2) is 9.84 Å². The molecule has 1 aromatic heterocycles. The van der Waals surface area contributed by atoms with E-state index in [0.29, 0.717) is 12.8 Å². The van der Waals surface area contributed by atoms with Crippen LogP contribution in [0, 0.1) is 16.7 Å². The smallest absolute Gasteiger partial charge is 0.180 e. The van der Waals surface area contributed by atoms with Crippen molar-refractivity contribution in [2.24, 2.45) is 5.41 Å². The van der Waals surface area contributed by atoms with Gasteiger partial charge in [0.25, 0.3) is 0 Å². The Morgan fingerprint density at radius 3 is 2.72 bits per heavy atom. The molecule has 2 N–H and O–H groups in total. The van der Waals surface area contributed by atoms with Gasteiger partial charge in [-0.25, -0.2) is 8.42 Å². The molecule has 0 atom stereocenters. The summed E-state index contributed by atoms with van der Waals surface area (Å²) < 4.78 is 24.1. The number of rotatable bonds is 5. The van der Waals surface area contributed by atoms with Crippen LogP contribution in [0.4, 0.5) is 5.69 Å². The fourth-order valence-electron chi connectivity index (χ4n) is 1.55. The minimum Gasteiger partial charge on any atom is -0.396 e. The van der Waals surface area contributed by atoms with Gasteiger partial charge < -0.3 is 5.73 Å². The summed E-state index contributed by atoms with van der Waals surface area (Å²) in [5.41, 5.74) is 5.26. The van der Waals surface area contributed by atoms with E-state index < -0.39 is 15.3 Å². The number of aromatic nitrogens is 1. The van der Waals surface area contributed by atoms with Crippen LogP contribution in [0.15, 0.2) is 23.4 Å². The number of nitrogens with zero attached hydrogens (tertiary/aromatic N) is 2. The third-order valence-corrected chi connectivity index (χ3v) is 4.53. The summed E-state index contributed by atoms with van der Waals surface area (Å²) in [7, 11) is -3.40. The van der Waals surface area contributed by atoms with Crippen LogP contribution in [-0.2, 0) is 9.84 Å². The zero-order valence-corrected chi connectivity index (χ0v) is 11.4. The Kier molecular flexibility index (Phi) is 4.30. The second-order valence-electron chi connectivity index (χ2n) is 4.83. The zero-order chi connectivity index (χ0) is 13.8. The summed E-state index contributed by atoms with van der Waals surface area (Å²) in [6.45, 7) is 3.58. The fraction of sp³-hybridized carbons (Fsp3) is 0.500. The molecule has 1 heterocycles. The maximum Gasteiger partial charge on any atom is 0.180 e. The minimum atomic E-state index is -3.40. The van der Waals surface area contributed by atoms with E-state index >= 15 is 0 Å². The third kappa shape index (κ3) is 3.70. The number of anilines is 1. The van der Waals surface area contributed by atoms with Crippen LogP contribution in [0.5, 0.6) is 0 Å². The van der Waals surface area contributed by atoms with E-state index in [1.165, 1.54) is 18.5 Å². The number of pyridine rings is 1. The topological polar surface area (TPSA) is 96.8 Å². The second kappa shape index (κ2) is 5.36. The highest BCUT2D eigenvalue weighted by Gasteiger charge is 2.21. The first-order chi connectivity index (χ1) is 8.28. The van der Waals surface area contributed by atoms with E-state index in [2.05, 4.69) is 11.1 Å². The summed E-state index contributed by atoms with van der Waals surface area (Å²) >= 11 is 0. The number of nitrogens with two attached hydrogens (primary N) is 1. The van der Waals surface area contributed by atoms with Gasteiger partial charge in [0.05, 0.1) is 34.0 Å². The molecule has 5 nitrogen and oxygen atoms in total. The Morgan fingerprint density at radius 2 is 2.17 bits per heavy atom. The number of nitriles is 1. The van der Waals surface area contributed by atoms with Crippen molar-refractivity contribution in [3.63, 3.8) is 0 Å². The van der Waals surface area contributed by atoms with Crippen molar-refractivity contribution < 1.29 is 8.42 Å². The van der Waals surface area contributed by atoms with Crippen LogP contribution in [-0.4, -0.2) is 19.2 Å². The van der Waals surface area contributed by atoms with Gasteiger partial charge >= 0.3 is 0 Å². The Balaban J connectivity index is 2.74. The monoisotopic (exact) mass is 267 g/mol. The van der Waals surface area contributed by atoms with E-state index in [1.807, 2.05) is 0 Å². The number of hydrogen-bond acceptors (Lipinski definition) is 5. The molecule has 1 rings (SSSR count). The van der Waals surface area contributed by atoms with Gasteiger partial charge in [-0.05, 0) is 32.8 Å². The van der Waals surface area contributed by atoms with E-state index in [9.17, 15) is 8.42 Å². The SMILES string of the molecule is CC(C)(C#N)CCCS(=O)(=O)c1ccncc1N. The van der Waals surface area contributed by atoms with Crippen molar-refractivity contribution in [3.8, 4) is 6.07 Å². The Labute approximate surface area is 108 Å². The predicted molar refractivity (Wildman–Crippen MR) is 69.3 cm³/mol. The quantitative estimate of drug-likeness (QED) is 0.876. The first-order valence-corrected chi connectivity index (χ1v) is 7.27. The lowest BCUT2D eigenvalue weighted by Crippen LogP contribution is -2.14. The van der Waals surface area contributed by atoms with Gasteiger partial charge in [0.1, 0.15) is 0 Å². The van der Waals surface area contributed by atoms with Crippen LogP contribution < -0.4 is 5.73 Å². The summed E-state index contributed by atoms with van der Waals surface area (Å²) in [5, 5.41) is 8.86. The molecule has 1 aromatic rings. The number of nitrogen functional groups attached to an aromatic ring is 1. The van der Waals surface area contributed by atoms with Crippen molar-refractivity contribution in [1.82, 2.24) is 4.98 Å². The highest BCUT2D eigenvalue weighted by Crippen LogP contribution is 2.24. The van der Waals surface area contributed by atoms with Crippen molar-refractivity contribution in [2.45, 2.75) is 31.6 Å². The molecule has 0 bridgehead atoms. The van der Waals surface area contributed by atoms with Crippen molar-refractivity contribution in [3.05, 3.63) is 18.5 Å². The maximum atomic E-state index is 12.0. The normalized spacial score (nSPS) is 12.1. The van der Waals surface area contributed by atoms with Crippen molar-refractivity contribution >= 4 is 15.5 Å². The maximum absolute atomic E-state index is 12.0.